The molecule has 0 saturated carbocycles. The smallest absolute Gasteiger partial charge is 0.251 e. The minimum atomic E-state index is -0.331. The number of rotatable bonds is 8. The molecule has 1 atom stereocenters. The van der Waals surface area contributed by atoms with E-state index in [0.717, 1.165) is 0 Å². The average Bonchev–Trinajstić information content (AvgIpc) is 2.62. The molecule has 7 nitrogen and oxygen atoms in total. The first-order chi connectivity index (χ1) is 13.0. The number of benzene rings is 2. The highest BCUT2D eigenvalue weighted by atomic mass is 16.5. The fraction of sp³-hybridized carbons (Fsp3) is 0.250. The van der Waals surface area contributed by atoms with Gasteiger partial charge in [0.1, 0.15) is 6.61 Å². The van der Waals surface area contributed by atoms with Crippen LogP contribution in [-0.4, -0.2) is 37.5 Å². The maximum absolute atomic E-state index is 12.2. The van der Waals surface area contributed by atoms with Gasteiger partial charge in [0.25, 0.3) is 5.91 Å². The van der Waals surface area contributed by atoms with Crippen molar-refractivity contribution in [3.8, 4) is 0 Å². The molecule has 0 radical (unpaired) electrons. The molecule has 1 unspecified atom stereocenters. The van der Waals surface area contributed by atoms with Crippen LogP contribution in [0.3, 0.4) is 0 Å². The molecule has 142 valence electrons. The molecule has 0 aromatic heterocycles. The molecule has 3 N–H and O–H groups in total. The van der Waals surface area contributed by atoms with Crippen LogP contribution in [0.5, 0.6) is 0 Å². The first kappa shape index (κ1) is 20.1. The molecular weight excluding hydrogens is 346 g/mol. The van der Waals surface area contributed by atoms with Crippen molar-refractivity contribution in [3.05, 3.63) is 60.2 Å². The molecule has 2 aromatic rings. The summed E-state index contributed by atoms with van der Waals surface area (Å²) in [6.07, 6.45) is 0.124. The number of methoxy groups -OCH3 is 1. The minimum Gasteiger partial charge on any atom is -0.375 e. The lowest BCUT2D eigenvalue weighted by Gasteiger charge is -2.14. The highest BCUT2D eigenvalue weighted by Gasteiger charge is 2.13. The number of ether oxygens (including phenoxy) is 1. The quantitative estimate of drug-likeness (QED) is 0.666. The Morgan fingerprint density at radius 1 is 0.926 bits per heavy atom. The molecule has 0 aliphatic rings. The third-order valence-corrected chi connectivity index (χ3v) is 3.61. The molecule has 27 heavy (non-hydrogen) atoms. The van der Waals surface area contributed by atoms with Crippen LogP contribution in [0.15, 0.2) is 54.6 Å². The fourth-order valence-electron chi connectivity index (χ4n) is 2.44. The zero-order chi connectivity index (χ0) is 19.6. The second-order valence-electron chi connectivity index (χ2n) is 6.05. The summed E-state index contributed by atoms with van der Waals surface area (Å²) in [5.74, 6) is -0.742. The van der Waals surface area contributed by atoms with Crippen LogP contribution in [0, 0.1) is 0 Å². The van der Waals surface area contributed by atoms with Crippen molar-refractivity contribution in [1.29, 1.82) is 0 Å². The van der Waals surface area contributed by atoms with E-state index >= 15 is 0 Å². The van der Waals surface area contributed by atoms with Crippen molar-refractivity contribution in [3.63, 3.8) is 0 Å². The van der Waals surface area contributed by atoms with Crippen LogP contribution in [0.25, 0.3) is 0 Å². The van der Waals surface area contributed by atoms with Crippen LogP contribution in [0.4, 0.5) is 11.4 Å². The van der Waals surface area contributed by atoms with Gasteiger partial charge in [-0.1, -0.05) is 24.3 Å². The van der Waals surface area contributed by atoms with Gasteiger partial charge in [0.05, 0.1) is 0 Å². The van der Waals surface area contributed by atoms with Gasteiger partial charge in [0, 0.05) is 36.5 Å². The largest absolute Gasteiger partial charge is 0.375 e. The van der Waals surface area contributed by atoms with E-state index in [1.165, 1.54) is 7.11 Å². The minimum absolute atomic E-state index is 0.0464. The molecule has 0 fully saturated rings. The summed E-state index contributed by atoms with van der Waals surface area (Å²) >= 11 is 0. The first-order valence-corrected chi connectivity index (χ1v) is 8.52. The lowest BCUT2D eigenvalue weighted by Crippen LogP contribution is -2.35. The number of hydrogen-bond donors (Lipinski definition) is 3. The Balaban J connectivity index is 1.86. The molecular formula is C20H23N3O4. The maximum atomic E-state index is 12.2. The number of anilines is 2. The topological polar surface area (TPSA) is 96.5 Å². The zero-order valence-electron chi connectivity index (χ0n) is 15.3. The normalized spacial score (nSPS) is 11.3. The Labute approximate surface area is 158 Å². The SMILES string of the molecule is COCC(=O)Nc1cccc(NC(=O)CC(C)NC(=O)c2ccccc2)c1. The second kappa shape index (κ2) is 10.1. The Morgan fingerprint density at radius 3 is 2.19 bits per heavy atom. The van der Waals surface area contributed by atoms with Crippen LogP contribution >= 0.6 is 0 Å². The molecule has 0 aliphatic heterocycles. The van der Waals surface area contributed by atoms with E-state index < -0.39 is 0 Å². The third-order valence-electron chi connectivity index (χ3n) is 3.61. The van der Waals surface area contributed by atoms with Gasteiger partial charge in [-0.15, -0.1) is 0 Å². The van der Waals surface area contributed by atoms with Crippen molar-refractivity contribution in [2.75, 3.05) is 24.4 Å². The highest BCUT2D eigenvalue weighted by Crippen LogP contribution is 2.15. The van der Waals surface area contributed by atoms with E-state index in [0.29, 0.717) is 16.9 Å². The molecule has 0 spiro atoms. The number of carbonyl (C=O) groups is 3. The van der Waals surface area contributed by atoms with Crippen LogP contribution in [0.1, 0.15) is 23.7 Å². The van der Waals surface area contributed by atoms with Gasteiger partial charge in [-0.05, 0) is 37.3 Å². The van der Waals surface area contributed by atoms with Gasteiger partial charge in [0.15, 0.2) is 0 Å². The lowest BCUT2D eigenvalue weighted by molar-refractivity contribution is -0.119. The van der Waals surface area contributed by atoms with Gasteiger partial charge < -0.3 is 20.7 Å². The Bertz CT molecular complexity index is 793. The predicted octanol–water partition coefficient (Wildman–Crippen LogP) is 2.42. The molecule has 0 bridgehead atoms. The zero-order valence-corrected chi connectivity index (χ0v) is 15.3. The summed E-state index contributed by atoms with van der Waals surface area (Å²) < 4.78 is 4.76. The van der Waals surface area contributed by atoms with Crippen LogP contribution in [-0.2, 0) is 14.3 Å². The average molecular weight is 369 g/mol. The Hall–Kier alpha value is -3.19. The number of nitrogens with one attached hydrogen (secondary N) is 3. The van der Waals surface area contributed by atoms with E-state index in [-0.39, 0.29) is 36.8 Å². The molecule has 0 saturated heterocycles. The number of amides is 3. The molecule has 0 aliphatic carbocycles. The summed E-state index contributed by atoms with van der Waals surface area (Å²) in [4.78, 5) is 35.9. The molecule has 2 rings (SSSR count). The van der Waals surface area contributed by atoms with Gasteiger partial charge in [0.2, 0.25) is 11.8 Å². The van der Waals surface area contributed by atoms with Gasteiger partial charge >= 0.3 is 0 Å². The van der Waals surface area contributed by atoms with Gasteiger partial charge in [-0.3, -0.25) is 14.4 Å². The number of carbonyl (C=O) groups excluding carboxylic acids is 3. The Morgan fingerprint density at radius 2 is 1.56 bits per heavy atom. The first-order valence-electron chi connectivity index (χ1n) is 8.52. The van der Waals surface area contributed by atoms with Crippen molar-refractivity contribution >= 4 is 29.1 Å². The maximum Gasteiger partial charge on any atom is 0.251 e. The summed E-state index contributed by atoms with van der Waals surface area (Å²) in [5.41, 5.74) is 1.65. The van der Waals surface area contributed by atoms with Crippen molar-refractivity contribution in [2.24, 2.45) is 0 Å². The van der Waals surface area contributed by atoms with Gasteiger partial charge in [-0.25, -0.2) is 0 Å². The summed E-state index contributed by atoms with van der Waals surface area (Å²) in [6, 6.07) is 15.3. The lowest BCUT2D eigenvalue weighted by atomic mass is 10.1. The molecule has 7 heteroatoms. The highest BCUT2D eigenvalue weighted by molar-refractivity contribution is 5.96. The van der Waals surface area contributed by atoms with Crippen molar-refractivity contribution < 1.29 is 19.1 Å². The monoisotopic (exact) mass is 369 g/mol. The number of hydrogen-bond acceptors (Lipinski definition) is 4. The van der Waals surface area contributed by atoms with Crippen molar-refractivity contribution in [1.82, 2.24) is 5.32 Å². The van der Waals surface area contributed by atoms with Crippen LogP contribution < -0.4 is 16.0 Å². The standard InChI is InChI=1S/C20H23N3O4/c1-14(21-20(26)15-7-4-3-5-8-15)11-18(24)22-16-9-6-10-17(12-16)23-19(25)13-27-2/h3-10,12,14H,11,13H2,1-2H3,(H,21,26)(H,22,24)(H,23,25). The van der Waals surface area contributed by atoms with E-state index in [4.69, 9.17) is 4.74 Å². The van der Waals surface area contributed by atoms with E-state index in [1.807, 2.05) is 6.07 Å². The summed E-state index contributed by atoms with van der Waals surface area (Å²) in [7, 11) is 1.44. The summed E-state index contributed by atoms with van der Waals surface area (Å²) in [6.45, 7) is 1.72. The van der Waals surface area contributed by atoms with Crippen LogP contribution in [0.2, 0.25) is 0 Å². The third kappa shape index (κ3) is 6.91. The molecule has 2 aromatic carbocycles. The van der Waals surface area contributed by atoms with E-state index in [2.05, 4.69) is 16.0 Å². The van der Waals surface area contributed by atoms with Crippen molar-refractivity contribution in [2.45, 2.75) is 19.4 Å². The second-order valence-corrected chi connectivity index (χ2v) is 6.05. The molecule has 0 heterocycles. The predicted molar refractivity (Wildman–Crippen MR) is 104 cm³/mol. The van der Waals surface area contributed by atoms with E-state index in [9.17, 15) is 14.4 Å². The van der Waals surface area contributed by atoms with Gasteiger partial charge in [-0.2, -0.15) is 0 Å². The Kier molecular flexibility index (Phi) is 7.51. The summed E-state index contributed by atoms with van der Waals surface area (Å²) in [5, 5.41) is 8.22. The van der Waals surface area contributed by atoms with E-state index in [1.54, 1.807) is 55.5 Å². The fourth-order valence-corrected chi connectivity index (χ4v) is 2.44. The molecule has 3 amide bonds.